The molecule has 6 heteroatoms. The van der Waals surface area contributed by atoms with Gasteiger partial charge in [0.25, 0.3) is 0 Å². The van der Waals surface area contributed by atoms with Crippen molar-refractivity contribution in [1.29, 1.82) is 0 Å². The third kappa shape index (κ3) is 2.62. The van der Waals surface area contributed by atoms with E-state index in [9.17, 15) is 8.78 Å². The minimum Gasteiger partial charge on any atom is -0.495 e. The highest BCUT2D eigenvalue weighted by molar-refractivity contribution is 6.35. The molecule has 0 aromatic heterocycles. The summed E-state index contributed by atoms with van der Waals surface area (Å²) in [5.41, 5.74) is 0. The maximum absolute atomic E-state index is 11.9. The average Bonchev–Trinajstić information content (AvgIpc) is 2.09. The van der Waals surface area contributed by atoms with Gasteiger partial charge in [0.15, 0.2) is 0 Å². The molecular weight excluding hydrogens is 237 g/mol. The Labute approximate surface area is 89.3 Å². The largest absolute Gasteiger partial charge is 0.495 e. The van der Waals surface area contributed by atoms with E-state index in [1.54, 1.807) is 0 Å². The Morgan fingerprint density at radius 2 is 1.79 bits per heavy atom. The van der Waals surface area contributed by atoms with E-state index in [1.807, 2.05) is 0 Å². The highest BCUT2D eigenvalue weighted by Crippen LogP contribution is 2.37. The molecule has 78 valence electrons. The molecule has 1 rings (SSSR count). The predicted octanol–water partition coefficient (Wildman–Crippen LogP) is 3.60. The second-order valence-electron chi connectivity index (χ2n) is 2.30. The number of methoxy groups -OCH3 is 1. The van der Waals surface area contributed by atoms with Gasteiger partial charge >= 0.3 is 6.61 Å². The molecule has 1 aromatic carbocycles. The molecule has 0 radical (unpaired) electrons. The van der Waals surface area contributed by atoms with Crippen molar-refractivity contribution >= 4 is 23.2 Å². The quantitative estimate of drug-likeness (QED) is 0.807. The lowest BCUT2D eigenvalue weighted by Gasteiger charge is -2.10. The van der Waals surface area contributed by atoms with E-state index in [0.717, 1.165) is 0 Å². The van der Waals surface area contributed by atoms with Gasteiger partial charge in [0.05, 0.1) is 7.11 Å². The van der Waals surface area contributed by atoms with Crippen LogP contribution in [0.1, 0.15) is 0 Å². The summed E-state index contributed by atoms with van der Waals surface area (Å²) in [5, 5.41) is 0.180. The normalized spacial score (nSPS) is 10.4. The van der Waals surface area contributed by atoms with Crippen LogP contribution in [0.15, 0.2) is 12.1 Å². The van der Waals surface area contributed by atoms with Gasteiger partial charge in [-0.25, -0.2) is 0 Å². The molecule has 1 aromatic rings. The molecule has 0 fully saturated rings. The summed E-state index contributed by atoms with van der Waals surface area (Å²) in [6.45, 7) is -2.95. The molecule has 14 heavy (non-hydrogen) atoms. The summed E-state index contributed by atoms with van der Waals surface area (Å²) in [4.78, 5) is 0. The molecule has 0 unspecified atom stereocenters. The summed E-state index contributed by atoms with van der Waals surface area (Å²) < 4.78 is 32.8. The van der Waals surface area contributed by atoms with E-state index in [0.29, 0.717) is 0 Å². The molecule has 2 nitrogen and oxygen atoms in total. The molecule has 0 aliphatic heterocycles. The van der Waals surface area contributed by atoms with E-state index >= 15 is 0 Å². The lowest BCUT2D eigenvalue weighted by atomic mass is 10.3. The first-order chi connectivity index (χ1) is 6.54. The first-order valence-corrected chi connectivity index (χ1v) is 4.28. The summed E-state index contributed by atoms with van der Waals surface area (Å²) >= 11 is 11.3. The molecule has 0 atom stereocenters. The van der Waals surface area contributed by atoms with Gasteiger partial charge in [0.2, 0.25) is 0 Å². The van der Waals surface area contributed by atoms with Gasteiger partial charge in [0, 0.05) is 17.2 Å². The van der Waals surface area contributed by atoms with E-state index in [2.05, 4.69) is 4.74 Å². The van der Waals surface area contributed by atoms with Gasteiger partial charge < -0.3 is 9.47 Å². The molecule has 0 saturated heterocycles. The summed E-state index contributed by atoms with van der Waals surface area (Å²) in [6, 6.07) is 2.60. The van der Waals surface area contributed by atoms with Crippen molar-refractivity contribution in [3.05, 3.63) is 22.2 Å². The molecule has 0 bridgehead atoms. The maximum atomic E-state index is 11.9. The Morgan fingerprint density at radius 3 is 2.29 bits per heavy atom. The van der Waals surface area contributed by atoms with Crippen LogP contribution in [0.25, 0.3) is 0 Å². The van der Waals surface area contributed by atoms with Crippen LogP contribution in [0.2, 0.25) is 10.0 Å². The SMILES string of the molecule is COc1cc(Cl)cc(OC(F)F)c1Cl. The smallest absolute Gasteiger partial charge is 0.387 e. The fourth-order valence-corrected chi connectivity index (χ4v) is 1.30. The van der Waals surface area contributed by atoms with Gasteiger partial charge in [0.1, 0.15) is 16.5 Å². The Bertz CT molecular complexity index is 331. The molecule has 0 spiro atoms. The van der Waals surface area contributed by atoms with Gasteiger partial charge in [-0.1, -0.05) is 23.2 Å². The van der Waals surface area contributed by atoms with Gasteiger partial charge in [-0.2, -0.15) is 8.78 Å². The number of benzene rings is 1. The third-order valence-corrected chi connectivity index (χ3v) is 2.00. The topological polar surface area (TPSA) is 18.5 Å². The number of hydrogen-bond donors (Lipinski definition) is 0. The fraction of sp³-hybridized carbons (Fsp3) is 0.250. The molecule has 0 N–H and O–H groups in total. The van der Waals surface area contributed by atoms with Gasteiger partial charge in [-0.3, -0.25) is 0 Å². The lowest BCUT2D eigenvalue weighted by Crippen LogP contribution is -2.02. The Morgan fingerprint density at radius 1 is 1.21 bits per heavy atom. The number of rotatable bonds is 3. The lowest BCUT2D eigenvalue weighted by molar-refractivity contribution is -0.0498. The van der Waals surface area contributed by atoms with Crippen LogP contribution in [-0.4, -0.2) is 13.7 Å². The number of halogens is 4. The second kappa shape index (κ2) is 4.66. The van der Waals surface area contributed by atoms with Crippen molar-refractivity contribution in [2.24, 2.45) is 0 Å². The van der Waals surface area contributed by atoms with Crippen molar-refractivity contribution < 1.29 is 18.3 Å². The molecule has 0 amide bonds. The molecule has 0 aliphatic rings. The fourth-order valence-electron chi connectivity index (χ4n) is 0.871. The third-order valence-electron chi connectivity index (χ3n) is 1.41. The predicted molar refractivity (Wildman–Crippen MR) is 49.6 cm³/mol. The second-order valence-corrected chi connectivity index (χ2v) is 3.11. The number of hydrogen-bond acceptors (Lipinski definition) is 2. The molecule has 0 aliphatic carbocycles. The minimum atomic E-state index is -2.95. The molecule has 0 heterocycles. The molecular formula is C8H6Cl2F2O2. The van der Waals surface area contributed by atoms with Crippen LogP contribution in [0.5, 0.6) is 11.5 Å². The Hall–Kier alpha value is -0.740. The zero-order valence-electron chi connectivity index (χ0n) is 7.06. The van der Waals surface area contributed by atoms with Crippen molar-refractivity contribution in [3.63, 3.8) is 0 Å². The van der Waals surface area contributed by atoms with E-state index in [1.165, 1.54) is 19.2 Å². The van der Waals surface area contributed by atoms with Crippen molar-refractivity contribution in [3.8, 4) is 11.5 Å². The average molecular weight is 243 g/mol. The monoisotopic (exact) mass is 242 g/mol. The minimum absolute atomic E-state index is 0.0304. The van der Waals surface area contributed by atoms with Crippen molar-refractivity contribution in [2.75, 3.05) is 7.11 Å². The first-order valence-electron chi connectivity index (χ1n) is 3.52. The summed E-state index contributed by atoms with van der Waals surface area (Å²) in [7, 11) is 1.35. The van der Waals surface area contributed by atoms with Gasteiger partial charge in [-0.15, -0.1) is 0 Å². The van der Waals surface area contributed by atoms with E-state index in [-0.39, 0.29) is 21.5 Å². The van der Waals surface area contributed by atoms with Crippen molar-refractivity contribution in [2.45, 2.75) is 6.61 Å². The van der Waals surface area contributed by atoms with Crippen LogP contribution >= 0.6 is 23.2 Å². The van der Waals surface area contributed by atoms with Crippen molar-refractivity contribution in [1.82, 2.24) is 0 Å². The zero-order valence-corrected chi connectivity index (χ0v) is 8.57. The summed E-state index contributed by atoms with van der Waals surface area (Å²) in [5.74, 6) is -0.0131. The number of alkyl halides is 2. The summed E-state index contributed by atoms with van der Waals surface area (Å²) in [6.07, 6.45) is 0. The van der Waals surface area contributed by atoms with Gasteiger partial charge in [-0.05, 0) is 0 Å². The van der Waals surface area contributed by atoms with Crippen LogP contribution in [0, 0.1) is 0 Å². The number of ether oxygens (including phenoxy) is 2. The Balaban J connectivity index is 3.08. The van der Waals surface area contributed by atoms with Crippen LogP contribution in [0.4, 0.5) is 8.78 Å². The highest BCUT2D eigenvalue weighted by Gasteiger charge is 2.13. The highest BCUT2D eigenvalue weighted by atomic mass is 35.5. The first kappa shape index (κ1) is 11.3. The molecule has 0 saturated carbocycles. The van der Waals surface area contributed by atoms with E-state index in [4.69, 9.17) is 27.9 Å². The van der Waals surface area contributed by atoms with Crippen LogP contribution < -0.4 is 9.47 Å². The Kier molecular flexibility index (Phi) is 3.77. The van der Waals surface area contributed by atoms with Crippen LogP contribution in [-0.2, 0) is 0 Å². The van der Waals surface area contributed by atoms with Crippen LogP contribution in [0.3, 0.4) is 0 Å². The maximum Gasteiger partial charge on any atom is 0.387 e. The zero-order chi connectivity index (χ0) is 10.7. The standard InChI is InChI=1S/C8H6Cl2F2O2/c1-13-5-2-4(9)3-6(7(5)10)14-8(11)12/h2-3,8H,1H3. The van der Waals surface area contributed by atoms with E-state index < -0.39 is 6.61 Å².